The zero-order valence-corrected chi connectivity index (χ0v) is 29.2. The third-order valence-corrected chi connectivity index (χ3v) is 8.16. The van der Waals surface area contributed by atoms with Crippen LogP contribution in [0.15, 0.2) is 54.6 Å². The lowest BCUT2D eigenvalue weighted by Crippen LogP contribution is -2.58. The number of carbonyl (C=O) groups is 4. The Hall–Kier alpha value is -4.13. The Bertz CT molecular complexity index is 1360. The largest absolute Gasteiger partial charge is 0.573 e. The van der Waals surface area contributed by atoms with E-state index in [-0.39, 0.29) is 42.6 Å². The minimum Gasteiger partial charge on any atom is -0.406 e. The van der Waals surface area contributed by atoms with Gasteiger partial charge in [-0.2, -0.15) is 0 Å². The van der Waals surface area contributed by atoms with Crippen LogP contribution in [-0.2, 0) is 32.0 Å². The number of amides is 4. The van der Waals surface area contributed by atoms with Crippen molar-refractivity contribution in [3.63, 3.8) is 0 Å². The number of hydrogen-bond donors (Lipinski definition) is 5. The molecule has 0 radical (unpaired) electrons. The molecule has 0 spiro atoms. The summed E-state index contributed by atoms with van der Waals surface area (Å²) >= 11 is 0. The van der Waals surface area contributed by atoms with Crippen LogP contribution < -0.4 is 31.7 Å². The number of ether oxygens (including phenoxy) is 1. The Morgan fingerprint density at radius 1 is 0.816 bits per heavy atom. The number of hydrogen-bond acceptors (Lipinski definition) is 6. The van der Waals surface area contributed by atoms with Gasteiger partial charge in [-0.25, -0.2) is 0 Å². The third-order valence-electron chi connectivity index (χ3n) is 8.16. The van der Waals surface area contributed by atoms with E-state index in [2.05, 4.69) is 39.9 Å². The van der Waals surface area contributed by atoms with Crippen molar-refractivity contribution in [1.29, 1.82) is 0 Å². The Kier molecular flexibility index (Phi) is 16.6. The zero-order valence-electron chi connectivity index (χ0n) is 29.2. The fraction of sp³-hybridized carbons (Fsp3) is 0.556. The number of carbonyl (C=O) groups excluding carboxylic acids is 4. The third kappa shape index (κ3) is 15.3. The molecule has 272 valence electrons. The predicted molar refractivity (Wildman–Crippen MR) is 182 cm³/mol. The van der Waals surface area contributed by atoms with E-state index in [0.717, 1.165) is 24.1 Å². The molecule has 0 bridgehead atoms. The molecular weight excluding hydrogens is 639 g/mol. The second-order valence-corrected chi connectivity index (χ2v) is 13.2. The summed E-state index contributed by atoms with van der Waals surface area (Å²) in [6.07, 6.45) is -3.59. The van der Waals surface area contributed by atoms with Gasteiger partial charge in [0.25, 0.3) is 0 Å². The first kappa shape index (κ1) is 41.0. The summed E-state index contributed by atoms with van der Waals surface area (Å²) in [6, 6.07) is 11.0. The van der Waals surface area contributed by atoms with Gasteiger partial charge in [0.15, 0.2) is 0 Å². The number of nitrogens with two attached hydrogens (primary N) is 1. The van der Waals surface area contributed by atoms with Crippen LogP contribution in [0.25, 0.3) is 0 Å². The topological polar surface area (TPSA) is 152 Å². The average molecular weight is 692 g/mol. The minimum atomic E-state index is -4.88. The molecule has 0 saturated carbocycles. The molecule has 2 aromatic carbocycles. The molecule has 2 aromatic rings. The van der Waals surface area contributed by atoms with Crippen molar-refractivity contribution in [3.05, 3.63) is 65.7 Å². The first-order valence-corrected chi connectivity index (χ1v) is 16.8. The van der Waals surface area contributed by atoms with Crippen LogP contribution in [-0.4, -0.2) is 60.7 Å². The highest BCUT2D eigenvalue weighted by atomic mass is 19.4. The van der Waals surface area contributed by atoms with Crippen molar-refractivity contribution in [2.24, 2.45) is 23.5 Å². The lowest BCUT2D eigenvalue weighted by atomic mass is 9.94. The molecule has 2 rings (SSSR count). The summed E-state index contributed by atoms with van der Waals surface area (Å²) in [4.78, 5) is 52.8. The molecule has 0 aliphatic carbocycles. The van der Waals surface area contributed by atoms with E-state index in [0.29, 0.717) is 18.9 Å². The molecule has 13 heteroatoms. The fourth-order valence-electron chi connectivity index (χ4n) is 5.13. The summed E-state index contributed by atoms with van der Waals surface area (Å²) in [5.74, 6) is -2.36. The number of halogens is 3. The van der Waals surface area contributed by atoms with Gasteiger partial charge in [-0.1, -0.05) is 90.4 Å². The molecular formula is C36H52F3N5O5. The molecule has 0 aliphatic heterocycles. The van der Waals surface area contributed by atoms with Gasteiger partial charge < -0.3 is 31.7 Å². The van der Waals surface area contributed by atoms with E-state index in [4.69, 9.17) is 5.73 Å². The van der Waals surface area contributed by atoms with Crippen LogP contribution in [0.1, 0.15) is 71.9 Å². The Labute approximate surface area is 287 Å². The molecule has 5 atom stereocenters. The maximum Gasteiger partial charge on any atom is 0.573 e. The van der Waals surface area contributed by atoms with E-state index in [1.54, 1.807) is 13.8 Å². The van der Waals surface area contributed by atoms with E-state index in [1.807, 2.05) is 44.2 Å². The quantitative estimate of drug-likeness (QED) is 0.147. The van der Waals surface area contributed by atoms with Gasteiger partial charge in [0.05, 0.1) is 6.42 Å². The number of rotatable bonds is 19. The second kappa shape index (κ2) is 19.8. The monoisotopic (exact) mass is 691 g/mol. The van der Waals surface area contributed by atoms with Crippen molar-refractivity contribution >= 4 is 23.6 Å². The van der Waals surface area contributed by atoms with Crippen LogP contribution in [0.4, 0.5) is 13.2 Å². The average Bonchev–Trinajstić information content (AvgIpc) is 3.01. The molecule has 6 N–H and O–H groups in total. The predicted octanol–water partition coefficient (Wildman–Crippen LogP) is 4.41. The zero-order chi connectivity index (χ0) is 36.7. The maximum absolute atomic E-state index is 13.6. The first-order chi connectivity index (χ1) is 23.0. The highest BCUT2D eigenvalue weighted by Crippen LogP contribution is 2.23. The smallest absolute Gasteiger partial charge is 0.406 e. The van der Waals surface area contributed by atoms with E-state index in [9.17, 15) is 32.3 Å². The van der Waals surface area contributed by atoms with Gasteiger partial charge in [-0.3, -0.25) is 19.2 Å². The van der Waals surface area contributed by atoms with Crippen LogP contribution in [0, 0.1) is 17.8 Å². The summed E-state index contributed by atoms with van der Waals surface area (Å²) in [6.45, 7) is 11.9. The van der Waals surface area contributed by atoms with Crippen LogP contribution >= 0.6 is 0 Å². The van der Waals surface area contributed by atoms with E-state index >= 15 is 0 Å². The molecule has 0 heterocycles. The molecule has 0 saturated heterocycles. The Balaban J connectivity index is 2.17. The minimum absolute atomic E-state index is 0.130. The van der Waals surface area contributed by atoms with Crippen molar-refractivity contribution in [2.75, 3.05) is 6.54 Å². The van der Waals surface area contributed by atoms with Crippen molar-refractivity contribution in [2.45, 2.75) is 104 Å². The van der Waals surface area contributed by atoms with Crippen molar-refractivity contribution in [3.8, 4) is 5.75 Å². The standard InChI is InChI=1S/C36H52F3N5O5/c1-7-24(6)33(34(47)41-17-16-22(2)3)44-31(46)21-28(40)29(19-25-12-9-8-10-13-25)42-35(48)32(23(4)5)43-30(45)20-26-14-11-15-27(18-26)49-36(37,38)39/h8-15,18,22-24,28-29,32-33H,7,16-17,19-21,40H2,1-6H3,(H,41,47)(H,42,48)(H,43,45)(H,44,46)/t24-,28-,29-,32-,33?/m0/s1. The van der Waals surface area contributed by atoms with Crippen LogP contribution in [0.5, 0.6) is 5.75 Å². The molecule has 0 aromatic heterocycles. The summed E-state index contributed by atoms with van der Waals surface area (Å²) in [7, 11) is 0. The number of benzene rings is 2. The summed E-state index contributed by atoms with van der Waals surface area (Å²) < 4.78 is 41.9. The lowest BCUT2D eigenvalue weighted by molar-refractivity contribution is -0.274. The van der Waals surface area contributed by atoms with Gasteiger partial charge in [0.2, 0.25) is 23.6 Å². The summed E-state index contributed by atoms with van der Waals surface area (Å²) in [5.41, 5.74) is 7.69. The molecule has 0 aliphatic rings. The van der Waals surface area contributed by atoms with Gasteiger partial charge in [-0.15, -0.1) is 13.2 Å². The number of nitrogens with one attached hydrogen (secondary N) is 4. The van der Waals surface area contributed by atoms with Crippen molar-refractivity contribution < 1.29 is 37.1 Å². The first-order valence-electron chi connectivity index (χ1n) is 16.8. The molecule has 0 fully saturated rings. The van der Waals surface area contributed by atoms with Gasteiger partial charge >= 0.3 is 6.36 Å². The van der Waals surface area contributed by atoms with Gasteiger partial charge in [0.1, 0.15) is 17.8 Å². The summed E-state index contributed by atoms with van der Waals surface area (Å²) in [5, 5.41) is 11.4. The SMILES string of the molecule is CC[C@H](C)C(NC(=O)C[C@H](N)[C@H](Cc1ccccc1)NC(=O)[C@@H](NC(=O)Cc1cccc(OC(F)(F)F)c1)C(C)C)C(=O)NCCC(C)C. The number of alkyl halides is 3. The highest BCUT2D eigenvalue weighted by Gasteiger charge is 2.33. The van der Waals surface area contributed by atoms with Crippen LogP contribution in [0.2, 0.25) is 0 Å². The Morgan fingerprint density at radius 2 is 1.45 bits per heavy atom. The molecule has 10 nitrogen and oxygen atoms in total. The van der Waals surface area contributed by atoms with Crippen LogP contribution in [0.3, 0.4) is 0 Å². The second-order valence-electron chi connectivity index (χ2n) is 13.2. The lowest BCUT2D eigenvalue weighted by Gasteiger charge is -2.30. The fourth-order valence-corrected chi connectivity index (χ4v) is 5.13. The normalized spacial score (nSPS) is 14.7. The molecule has 49 heavy (non-hydrogen) atoms. The maximum atomic E-state index is 13.6. The Morgan fingerprint density at radius 3 is 2.04 bits per heavy atom. The van der Waals surface area contributed by atoms with E-state index < -0.39 is 54.0 Å². The molecule has 4 amide bonds. The molecule has 1 unspecified atom stereocenters. The highest BCUT2D eigenvalue weighted by molar-refractivity contribution is 5.89. The van der Waals surface area contributed by atoms with Gasteiger partial charge in [-0.05, 0) is 53.9 Å². The van der Waals surface area contributed by atoms with Gasteiger partial charge in [0, 0.05) is 25.0 Å². The van der Waals surface area contributed by atoms with Crippen molar-refractivity contribution in [1.82, 2.24) is 21.3 Å². The van der Waals surface area contributed by atoms with E-state index in [1.165, 1.54) is 12.1 Å².